The molecule has 3 rings (SSSR count). The van der Waals surface area contributed by atoms with Gasteiger partial charge in [0.25, 0.3) is 0 Å². The van der Waals surface area contributed by atoms with Crippen molar-refractivity contribution in [1.82, 2.24) is 4.98 Å². The summed E-state index contributed by atoms with van der Waals surface area (Å²) in [4.78, 5) is 5.44. The maximum Gasteiger partial charge on any atom is 0.132 e. The first kappa shape index (κ1) is 8.77. The Kier molecular flexibility index (Phi) is 1.91. The molecule has 1 aliphatic rings. The number of nitrogens with one attached hydrogen (secondary N) is 1. The summed E-state index contributed by atoms with van der Waals surface area (Å²) >= 11 is 0. The SMILES string of the molecule is Fc1ccc(N2CCCC2)c2[nH]ccc12. The number of rotatable bonds is 1. The molecule has 3 heteroatoms. The highest BCUT2D eigenvalue weighted by molar-refractivity contribution is 5.92. The van der Waals surface area contributed by atoms with Crippen LogP contribution in [-0.2, 0) is 0 Å². The van der Waals surface area contributed by atoms with Crippen molar-refractivity contribution in [3.05, 3.63) is 30.2 Å². The van der Waals surface area contributed by atoms with E-state index in [-0.39, 0.29) is 5.82 Å². The van der Waals surface area contributed by atoms with Gasteiger partial charge in [-0.05, 0) is 31.0 Å². The minimum atomic E-state index is -0.144. The van der Waals surface area contributed by atoms with Gasteiger partial charge in [-0.3, -0.25) is 0 Å². The normalized spacial score (nSPS) is 16.5. The van der Waals surface area contributed by atoms with E-state index in [0.717, 1.165) is 24.3 Å². The molecule has 0 radical (unpaired) electrons. The Morgan fingerprint density at radius 3 is 2.73 bits per heavy atom. The molecule has 1 aromatic heterocycles. The summed E-state index contributed by atoms with van der Waals surface area (Å²) in [5.74, 6) is -0.144. The van der Waals surface area contributed by atoms with E-state index in [1.165, 1.54) is 12.8 Å². The molecule has 0 unspecified atom stereocenters. The predicted molar refractivity (Wildman–Crippen MR) is 59.7 cm³/mol. The first-order valence-electron chi connectivity index (χ1n) is 5.37. The van der Waals surface area contributed by atoms with Crippen LogP contribution in [0.15, 0.2) is 24.4 Å². The molecule has 15 heavy (non-hydrogen) atoms. The minimum Gasteiger partial charge on any atom is -0.370 e. The molecule has 1 aliphatic heterocycles. The highest BCUT2D eigenvalue weighted by atomic mass is 19.1. The van der Waals surface area contributed by atoms with Crippen LogP contribution in [0, 0.1) is 5.82 Å². The Labute approximate surface area is 87.7 Å². The van der Waals surface area contributed by atoms with E-state index in [0.29, 0.717) is 5.39 Å². The Morgan fingerprint density at radius 2 is 1.93 bits per heavy atom. The zero-order chi connectivity index (χ0) is 10.3. The number of benzene rings is 1. The summed E-state index contributed by atoms with van der Waals surface area (Å²) in [6, 6.07) is 5.23. The smallest absolute Gasteiger partial charge is 0.132 e. The number of aromatic amines is 1. The van der Waals surface area contributed by atoms with Crippen molar-refractivity contribution in [3.63, 3.8) is 0 Å². The molecule has 1 N–H and O–H groups in total. The van der Waals surface area contributed by atoms with Crippen LogP contribution in [0.3, 0.4) is 0 Å². The minimum absolute atomic E-state index is 0.144. The van der Waals surface area contributed by atoms with Gasteiger partial charge in [0.1, 0.15) is 5.82 Å². The lowest BCUT2D eigenvalue weighted by Crippen LogP contribution is -2.17. The molecule has 2 aromatic rings. The number of nitrogens with zero attached hydrogens (tertiary/aromatic N) is 1. The third-order valence-corrected chi connectivity index (χ3v) is 3.09. The monoisotopic (exact) mass is 204 g/mol. The fraction of sp³-hybridized carbons (Fsp3) is 0.333. The zero-order valence-corrected chi connectivity index (χ0v) is 8.46. The van der Waals surface area contributed by atoms with Crippen molar-refractivity contribution in [3.8, 4) is 0 Å². The van der Waals surface area contributed by atoms with Gasteiger partial charge in [-0.1, -0.05) is 0 Å². The summed E-state index contributed by atoms with van der Waals surface area (Å²) < 4.78 is 13.4. The number of H-pyrrole nitrogens is 1. The van der Waals surface area contributed by atoms with Gasteiger partial charge in [-0.15, -0.1) is 0 Å². The van der Waals surface area contributed by atoms with Crippen LogP contribution < -0.4 is 4.90 Å². The van der Waals surface area contributed by atoms with Crippen LogP contribution in [0.25, 0.3) is 10.9 Å². The van der Waals surface area contributed by atoms with Crippen LogP contribution in [0.2, 0.25) is 0 Å². The van der Waals surface area contributed by atoms with E-state index in [1.54, 1.807) is 18.3 Å². The highest BCUT2D eigenvalue weighted by Gasteiger charge is 2.16. The average molecular weight is 204 g/mol. The number of halogens is 1. The molecule has 1 saturated heterocycles. The van der Waals surface area contributed by atoms with E-state index in [2.05, 4.69) is 9.88 Å². The lowest BCUT2D eigenvalue weighted by Gasteiger charge is -2.18. The van der Waals surface area contributed by atoms with Crippen LogP contribution in [-0.4, -0.2) is 18.1 Å². The van der Waals surface area contributed by atoms with E-state index in [9.17, 15) is 4.39 Å². The van der Waals surface area contributed by atoms with Crippen molar-refractivity contribution in [2.45, 2.75) is 12.8 Å². The number of hydrogen-bond acceptors (Lipinski definition) is 1. The van der Waals surface area contributed by atoms with Crippen molar-refractivity contribution in [1.29, 1.82) is 0 Å². The average Bonchev–Trinajstić information content (AvgIpc) is 2.88. The van der Waals surface area contributed by atoms with Gasteiger partial charge in [0, 0.05) is 24.7 Å². The summed E-state index contributed by atoms with van der Waals surface area (Å²) in [6.45, 7) is 2.17. The van der Waals surface area contributed by atoms with Gasteiger partial charge < -0.3 is 9.88 Å². The maximum absolute atomic E-state index is 13.4. The molecular weight excluding hydrogens is 191 g/mol. The summed E-state index contributed by atoms with van der Waals surface area (Å²) in [5, 5.41) is 0.694. The first-order chi connectivity index (χ1) is 7.36. The second kappa shape index (κ2) is 3.26. The van der Waals surface area contributed by atoms with Crippen LogP contribution in [0.5, 0.6) is 0 Å². The first-order valence-corrected chi connectivity index (χ1v) is 5.37. The highest BCUT2D eigenvalue weighted by Crippen LogP contribution is 2.29. The van der Waals surface area contributed by atoms with Gasteiger partial charge in [0.05, 0.1) is 11.2 Å². The quantitative estimate of drug-likeness (QED) is 0.756. The van der Waals surface area contributed by atoms with E-state index in [4.69, 9.17) is 0 Å². The standard InChI is InChI=1S/C12H13FN2/c13-10-3-4-11(15-7-1-2-8-15)12-9(10)5-6-14-12/h3-6,14H,1-2,7-8H2. The number of hydrogen-bond donors (Lipinski definition) is 1. The fourth-order valence-electron chi connectivity index (χ4n) is 2.33. The predicted octanol–water partition coefficient (Wildman–Crippen LogP) is 2.91. The Morgan fingerprint density at radius 1 is 1.13 bits per heavy atom. The van der Waals surface area contributed by atoms with Crippen molar-refractivity contribution >= 4 is 16.6 Å². The third-order valence-electron chi connectivity index (χ3n) is 3.09. The zero-order valence-electron chi connectivity index (χ0n) is 8.46. The lowest BCUT2D eigenvalue weighted by atomic mass is 10.2. The fourth-order valence-corrected chi connectivity index (χ4v) is 2.33. The van der Waals surface area contributed by atoms with Gasteiger partial charge >= 0.3 is 0 Å². The Balaban J connectivity index is 2.17. The van der Waals surface area contributed by atoms with E-state index < -0.39 is 0 Å². The molecule has 0 amide bonds. The van der Waals surface area contributed by atoms with Gasteiger partial charge in [0.2, 0.25) is 0 Å². The second-order valence-electron chi connectivity index (χ2n) is 4.03. The third kappa shape index (κ3) is 1.30. The van der Waals surface area contributed by atoms with Crippen LogP contribution >= 0.6 is 0 Å². The molecule has 2 heterocycles. The second-order valence-corrected chi connectivity index (χ2v) is 4.03. The molecule has 0 aliphatic carbocycles. The van der Waals surface area contributed by atoms with E-state index >= 15 is 0 Å². The number of fused-ring (bicyclic) bond motifs is 1. The number of anilines is 1. The molecule has 2 nitrogen and oxygen atoms in total. The van der Waals surface area contributed by atoms with Crippen molar-refractivity contribution in [2.24, 2.45) is 0 Å². The van der Waals surface area contributed by atoms with E-state index in [1.807, 2.05) is 6.07 Å². The van der Waals surface area contributed by atoms with Crippen molar-refractivity contribution < 1.29 is 4.39 Å². The van der Waals surface area contributed by atoms with Gasteiger partial charge in [0.15, 0.2) is 0 Å². The lowest BCUT2D eigenvalue weighted by molar-refractivity contribution is 0.640. The topological polar surface area (TPSA) is 19.0 Å². The molecule has 78 valence electrons. The largest absolute Gasteiger partial charge is 0.370 e. The van der Waals surface area contributed by atoms with Gasteiger partial charge in [-0.2, -0.15) is 0 Å². The summed E-state index contributed by atoms with van der Waals surface area (Å²) in [7, 11) is 0. The van der Waals surface area contributed by atoms with Gasteiger partial charge in [-0.25, -0.2) is 4.39 Å². The molecule has 0 atom stereocenters. The Hall–Kier alpha value is -1.51. The molecule has 0 spiro atoms. The molecule has 0 bridgehead atoms. The molecule has 1 fully saturated rings. The summed E-state index contributed by atoms with van der Waals surface area (Å²) in [5.41, 5.74) is 2.06. The number of aromatic nitrogens is 1. The van der Waals surface area contributed by atoms with Crippen LogP contribution in [0.4, 0.5) is 10.1 Å². The summed E-state index contributed by atoms with van der Waals surface area (Å²) in [6.07, 6.45) is 4.27. The molecule has 0 saturated carbocycles. The van der Waals surface area contributed by atoms with Crippen LogP contribution in [0.1, 0.15) is 12.8 Å². The molecular formula is C12H13FN2. The molecule has 1 aromatic carbocycles. The maximum atomic E-state index is 13.4. The van der Waals surface area contributed by atoms with Crippen molar-refractivity contribution in [2.75, 3.05) is 18.0 Å². The Bertz CT molecular complexity index is 483.